The molecule has 0 aromatic carbocycles. The summed E-state index contributed by atoms with van der Waals surface area (Å²) in [5, 5.41) is 0. The fraction of sp³-hybridized carbons (Fsp3) is 0.500. The van der Waals surface area contributed by atoms with Gasteiger partial charge in [-0.25, -0.2) is 13.2 Å². The lowest BCUT2D eigenvalue weighted by Crippen LogP contribution is -2.22. The highest BCUT2D eigenvalue weighted by atomic mass is 19.3. The molecule has 54 valence electrons. The highest BCUT2D eigenvalue weighted by Crippen LogP contribution is 2.23. The molecule has 0 spiro atoms. The third-order valence-corrected chi connectivity index (χ3v) is 0.576. The van der Waals surface area contributed by atoms with Crippen molar-refractivity contribution < 1.29 is 22.0 Å². The molecule has 0 saturated carbocycles. The Morgan fingerprint density at radius 3 is 1.78 bits per heavy atom. The van der Waals surface area contributed by atoms with Gasteiger partial charge in [-0.2, -0.15) is 8.78 Å². The van der Waals surface area contributed by atoms with Crippen molar-refractivity contribution in [3.8, 4) is 0 Å². The third kappa shape index (κ3) is 2.43. The van der Waals surface area contributed by atoms with Gasteiger partial charge in [0, 0.05) is 6.08 Å². The van der Waals surface area contributed by atoms with Crippen LogP contribution in [-0.2, 0) is 0 Å². The standard InChI is InChI=1S/C4H3F5/c5-2-1-4(8,9)3(6)7/h1-3H/b2-1+. The summed E-state index contributed by atoms with van der Waals surface area (Å²) in [6.45, 7) is 0. The quantitative estimate of drug-likeness (QED) is 0.524. The van der Waals surface area contributed by atoms with E-state index in [2.05, 4.69) is 0 Å². The van der Waals surface area contributed by atoms with Crippen LogP contribution < -0.4 is 0 Å². The Kier molecular flexibility index (Phi) is 2.61. The Bertz CT molecular complexity index is 106. The summed E-state index contributed by atoms with van der Waals surface area (Å²) in [5.74, 6) is -4.34. The van der Waals surface area contributed by atoms with Gasteiger partial charge in [0.15, 0.2) is 0 Å². The maximum absolute atomic E-state index is 11.5. The summed E-state index contributed by atoms with van der Waals surface area (Å²) in [7, 11) is 0. The summed E-state index contributed by atoms with van der Waals surface area (Å²) in [6.07, 6.45) is -4.94. The van der Waals surface area contributed by atoms with Crippen LogP contribution in [0, 0.1) is 0 Å². The zero-order valence-electron chi connectivity index (χ0n) is 4.12. The molecule has 9 heavy (non-hydrogen) atoms. The highest BCUT2D eigenvalue weighted by molar-refractivity contribution is 4.91. The number of hydrogen-bond acceptors (Lipinski definition) is 0. The van der Waals surface area contributed by atoms with Crippen molar-refractivity contribution in [1.29, 1.82) is 0 Å². The summed E-state index contributed by atoms with van der Waals surface area (Å²) in [5.41, 5.74) is 0. The first-order valence-corrected chi connectivity index (χ1v) is 1.94. The van der Waals surface area contributed by atoms with Crippen molar-refractivity contribution >= 4 is 0 Å². The fourth-order valence-corrected chi connectivity index (χ4v) is 0.157. The van der Waals surface area contributed by atoms with Crippen molar-refractivity contribution in [2.45, 2.75) is 12.3 Å². The van der Waals surface area contributed by atoms with Crippen LogP contribution >= 0.6 is 0 Å². The normalized spacial score (nSPS) is 13.6. The highest BCUT2D eigenvalue weighted by Gasteiger charge is 2.37. The second-order valence-electron chi connectivity index (χ2n) is 1.27. The first kappa shape index (κ1) is 8.39. The molecule has 0 N–H and O–H groups in total. The smallest absolute Gasteiger partial charge is 0.216 e. The molecule has 0 aliphatic carbocycles. The van der Waals surface area contributed by atoms with Crippen LogP contribution in [-0.4, -0.2) is 12.3 Å². The van der Waals surface area contributed by atoms with Crippen LogP contribution in [0.25, 0.3) is 0 Å². The molecular formula is C4H3F5. The first-order chi connectivity index (χ1) is 4.00. The number of alkyl halides is 4. The van der Waals surface area contributed by atoms with E-state index in [4.69, 9.17) is 0 Å². The molecule has 0 atom stereocenters. The molecule has 0 nitrogen and oxygen atoms in total. The van der Waals surface area contributed by atoms with Gasteiger partial charge < -0.3 is 0 Å². The lowest BCUT2D eigenvalue weighted by Gasteiger charge is -2.07. The van der Waals surface area contributed by atoms with Crippen molar-refractivity contribution in [3.05, 3.63) is 12.4 Å². The molecule has 0 radical (unpaired) electrons. The molecule has 5 heteroatoms. The Hall–Kier alpha value is -0.610. The number of halogens is 5. The van der Waals surface area contributed by atoms with Crippen LogP contribution in [0.4, 0.5) is 22.0 Å². The van der Waals surface area contributed by atoms with Gasteiger partial charge in [0.05, 0.1) is 6.33 Å². The predicted molar refractivity (Wildman–Crippen MR) is 21.2 cm³/mol. The van der Waals surface area contributed by atoms with Gasteiger partial charge in [-0.05, 0) is 0 Å². The van der Waals surface area contributed by atoms with Gasteiger partial charge in [-0.3, -0.25) is 0 Å². The Morgan fingerprint density at radius 2 is 1.67 bits per heavy atom. The zero-order chi connectivity index (χ0) is 7.49. The number of rotatable bonds is 2. The molecule has 0 bridgehead atoms. The second kappa shape index (κ2) is 2.80. The van der Waals surface area contributed by atoms with Gasteiger partial charge in [0.1, 0.15) is 0 Å². The topological polar surface area (TPSA) is 0 Å². The lowest BCUT2D eigenvalue weighted by molar-refractivity contribution is -0.0912. The van der Waals surface area contributed by atoms with Crippen LogP contribution in [0.5, 0.6) is 0 Å². The minimum absolute atomic E-state index is 0.488. The van der Waals surface area contributed by atoms with Gasteiger partial charge in [-0.15, -0.1) is 0 Å². The molecule has 0 aromatic heterocycles. The minimum atomic E-state index is -4.34. The molecule has 0 saturated heterocycles. The van der Waals surface area contributed by atoms with Crippen molar-refractivity contribution in [1.82, 2.24) is 0 Å². The van der Waals surface area contributed by atoms with Crippen LogP contribution in [0.3, 0.4) is 0 Å². The van der Waals surface area contributed by atoms with Gasteiger partial charge >= 0.3 is 12.3 Å². The fourth-order valence-electron chi connectivity index (χ4n) is 0.157. The Labute approximate surface area is 48.0 Å². The van der Waals surface area contributed by atoms with Crippen LogP contribution in [0.2, 0.25) is 0 Å². The molecule has 0 aliphatic rings. The first-order valence-electron chi connectivity index (χ1n) is 1.94. The zero-order valence-corrected chi connectivity index (χ0v) is 4.12. The van der Waals surface area contributed by atoms with Crippen molar-refractivity contribution in [2.24, 2.45) is 0 Å². The monoisotopic (exact) mass is 146 g/mol. The average Bonchev–Trinajstić information content (AvgIpc) is 1.65. The third-order valence-electron chi connectivity index (χ3n) is 0.576. The summed E-state index contributed by atoms with van der Waals surface area (Å²) in [4.78, 5) is 0. The molecule has 0 aliphatic heterocycles. The van der Waals surface area contributed by atoms with E-state index < -0.39 is 24.8 Å². The van der Waals surface area contributed by atoms with Gasteiger partial charge in [0.25, 0.3) is 0 Å². The largest absolute Gasteiger partial charge is 0.328 e. The molecule has 0 heterocycles. The van der Waals surface area contributed by atoms with E-state index in [1.54, 1.807) is 0 Å². The van der Waals surface area contributed by atoms with Gasteiger partial charge in [-0.1, -0.05) is 0 Å². The lowest BCUT2D eigenvalue weighted by atomic mass is 10.3. The number of allylic oxidation sites excluding steroid dienone is 1. The van der Waals surface area contributed by atoms with E-state index in [9.17, 15) is 22.0 Å². The molecule has 0 fully saturated rings. The SMILES string of the molecule is F/C=C/C(F)(F)C(F)F. The van der Waals surface area contributed by atoms with Gasteiger partial charge in [0.2, 0.25) is 0 Å². The summed E-state index contributed by atoms with van der Waals surface area (Å²) < 4.78 is 55.9. The van der Waals surface area contributed by atoms with E-state index in [0.717, 1.165) is 0 Å². The van der Waals surface area contributed by atoms with E-state index in [-0.39, 0.29) is 0 Å². The van der Waals surface area contributed by atoms with E-state index in [1.165, 1.54) is 0 Å². The van der Waals surface area contributed by atoms with Crippen molar-refractivity contribution in [2.75, 3.05) is 0 Å². The number of hydrogen-bond donors (Lipinski definition) is 0. The molecule has 0 amide bonds. The Morgan fingerprint density at radius 1 is 1.22 bits per heavy atom. The molecule has 0 aromatic rings. The van der Waals surface area contributed by atoms with Crippen LogP contribution in [0.15, 0.2) is 12.4 Å². The maximum Gasteiger partial charge on any atom is 0.328 e. The predicted octanol–water partition coefficient (Wildman–Crippen LogP) is 2.37. The van der Waals surface area contributed by atoms with E-state index in [1.807, 2.05) is 0 Å². The summed E-state index contributed by atoms with van der Waals surface area (Å²) in [6, 6.07) is 0. The van der Waals surface area contributed by atoms with E-state index in [0.29, 0.717) is 0 Å². The summed E-state index contributed by atoms with van der Waals surface area (Å²) >= 11 is 0. The van der Waals surface area contributed by atoms with Crippen LogP contribution in [0.1, 0.15) is 0 Å². The van der Waals surface area contributed by atoms with Crippen molar-refractivity contribution in [3.63, 3.8) is 0 Å². The van der Waals surface area contributed by atoms with E-state index >= 15 is 0 Å². The average molecular weight is 146 g/mol. The molecule has 0 unspecified atom stereocenters. The second-order valence-corrected chi connectivity index (χ2v) is 1.27. The minimum Gasteiger partial charge on any atom is -0.216 e. The Balaban J connectivity index is 4.01. The molecule has 0 rings (SSSR count). The maximum atomic E-state index is 11.5. The molecular weight excluding hydrogens is 143 g/mol.